The molecule has 0 radical (unpaired) electrons. The fourth-order valence-corrected chi connectivity index (χ4v) is 4.33. The number of thioether (sulfide) groups is 1. The molecule has 0 spiro atoms. The molecule has 7 nitrogen and oxygen atoms in total. The normalized spacial score (nSPS) is 11.7. The molecule has 1 amide bonds. The first-order chi connectivity index (χ1) is 15.7. The van der Waals surface area contributed by atoms with Gasteiger partial charge in [0.05, 0.1) is 19.1 Å². The molecule has 174 valence electrons. The summed E-state index contributed by atoms with van der Waals surface area (Å²) >= 11 is 4.75. The molecule has 0 atom stereocenters. The number of ether oxygens (including phenoxy) is 1. The molecular formula is C24H28BrN5O2S. The van der Waals surface area contributed by atoms with Crippen molar-refractivity contribution in [3.8, 4) is 17.1 Å². The first-order valence-electron chi connectivity index (χ1n) is 10.5. The van der Waals surface area contributed by atoms with Crippen LogP contribution in [0.25, 0.3) is 11.4 Å². The van der Waals surface area contributed by atoms with Gasteiger partial charge >= 0.3 is 0 Å². The number of rotatable bonds is 8. The van der Waals surface area contributed by atoms with Crippen LogP contribution in [-0.4, -0.2) is 39.7 Å². The van der Waals surface area contributed by atoms with Crippen LogP contribution < -0.4 is 10.2 Å². The van der Waals surface area contributed by atoms with Crippen molar-refractivity contribution in [2.75, 3.05) is 12.9 Å². The highest BCUT2D eigenvalue weighted by Crippen LogP contribution is 2.27. The van der Waals surface area contributed by atoms with E-state index in [0.29, 0.717) is 17.5 Å². The molecule has 33 heavy (non-hydrogen) atoms. The molecule has 9 heteroatoms. The van der Waals surface area contributed by atoms with Crippen LogP contribution in [0.5, 0.6) is 5.75 Å². The van der Waals surface area contributed by atoms with E-state index in [-0.39, 0.29) is 17.1 Å². The second-order valence-corrected chi connectivity index (χ2v) is 10.2. The summed E-state index contributed by atoms with van der Waals surface area (Å²) in [6, 6.07) is 14.0. The summed E-state index contributed by atoms with van der Waals surface area (Å²) in [4.78, 5) is 12.3. The Kier molecular flexibility index (Phi) is 8.31. The van der Waals surface area contributed by atoms with Crippen LogP contribution in [0.4, 0.5) is 0 Å². The predicted molar refractivity (Wildman–Crippen MR) is 137 cm³/mol. The third-order valence-electron chi connectivity index (χ3n) is 4.96. The Balaban J connectivity index is 1.63. The Hall–Kier alpha value is -2.65. The number of hydrogen-bond acceptors (Lipinski definition) is 6. The Morgan fingerprint density at radius 3 is 2.58 bits per heavy atom. The number of nitrogens with one attached hydrogen (secondary N) is 1. The van der Waals surface area contributed by atoms with Crippen molar-refractivity contribution < 1.29 is 9.53 Å². The molecule has 0 aliphatic carbocycles. The van der Waals surface area contributed by atoms with Gasteiger partial charge in [-0.1, -0.05) is 72.7 Å². The van der Waals surface area contributed by atoms with Gasteiger partial charge in [0.25, 0.3) is 5.91 Å². The van der Waals surface area contributed by atoms with Crippen molar-refractivity contribution in [3.63, 3.8) is 0 Å². The summed E-state index contributed by atoms with van der Waals surface area (Å²) in [7, 11) is 1.59. The maximum atomic E-state index is 12.3. The molecule has 0 aliphatic rings. The minimum absolute atomic E-state index is 0.0932. The number of benzene rings is 2. The Morgan fingerprint density at radius 2 is 1.94 bits per heavy atom. The number of hydrogen-bond donors (Lipinski definition) is 1. The lowest BCUT2D eigenvalue weighted by Crippen LogP contribution is -2.20. The molecule has 1 aromatic heterocycles. The Labute approximate surface area is 207 Å². The summed E-state index contributed by atoms with van der Waals surface area (Å²) in [6.07, 6.45) is 1.56. The topological polar surface area (TPSA) is 81.4 Å². The number of nitrogens with zero attached hydrogens (tertiary/aromatic N) is 4. The third kappa shape index (κ3) is 6.45. The van der Waals surface area contributed by atoms with Gasteiger partial charge in [-0.3, -0.25) is 4.79 Å². The first-order valence-corrected chi connectivity index (χ1v) is 12.3. The van der Waals surface area contributed by atoms with Crippen molar-refractivity contribution in [1.29, 1.82) is 0 Å². The number of carbonyl (C=O) groups is 1. The van der Waals surface area contributed by atoms with Gasteiger partial charge in [-0.05, 0) is 36.1 Å². The van der Waals surface area contributed by atoms with Crippen molar-refractivity contribution in [3.05, 3.63) is 58.1 Å². The van der Waals surface area contributed by atoms with E-state index in [4.69, 9.17) is 4.74 Å². The zero-order chi connectivity index (χ0) is 24.0. The highest BCUT2D eigenvalue weighted by molar-refractivity contribution is 9.10. The molecule has 2 aromatic carbocycles. The maximum absolute atomic E-state index is 12.3. The van der Waals surface area contributed by atoms with E-state index >= 15 is 0 Å². The molecule has 1 N–H and O–H groups in total. The second kappa shape index (κ2) is 11.0. The second-order valence-electron chi connectivity index (χ2n) is 8.35. The fourth-order valence-electron chi connectivity index (χ4n) is 3.16. The van der Waals surface area contributed by atoms with Crippen molar-refractivity contribution in [1.82, 2.24) is 20.2 Å². The molecule has 0 saturated carbocycles. The summed E-state index contributed by atoms with van der Waals surface area (Å²) in [6.45, 7) is 9.31. The summed E-state index contributed by atoms with van der Waals surface area (Å²) in [5, 5.41) is 13.4. The highest BCUT2D eigenvalue weighted by atomic mass is 79.9. The standard InChI is InChI=1S/C24H28BrN5O2S/c1-6-30-22(16-7-9-18(10-8-16)24(2,3)4)28-29-23(30)33-15-21(31)27-26-14-17-13-19(25)11-12-20(17)32-5/h7-14H,6,15H2,1-5H3,(H,27,31)/b26-14+. The molecule has 0 unspecified atom stereocenters. The SMILES string of the molecule is CCn1c(SCC(=O)N/N=C/c2cc(Br)ccc2OC)nnc1-c1ccc(C(C)(C)C)cc1. The molecule has 3 rings (SSSR count). The summed E-state index contributed by atoms with van der Waals surface area (Å²) in [5.74, 6) is 1.41. The van der Waals surface area contributed by atoms with E-state index < -0.39 is 0 Å². The van der Waals surface area contributed by atoms with Gasteiger partial charge in [0.2, 0.25) is 0 Å². The van der Waals surface area contributed by atoms with Crippen LogP contribution in [-0.2, 0) is 16.8 Å². The third-order valence-corrected chi connectivity index (χ3v) is 6.42. The van der Waals surface area contributed by atoms with Crippen LogP contribution >= 0.6 is 27.7 Å². The van der Waals surface area contributed by atoms with Gasteiger partial charge in [-0.25, -0.2) is 5.43 Å². The fraction of sp³-hybridized carbons (Fsp3) is 0.333. The molecule has 0 saturated heterocycles. The first kappa shape index (κ1) is 25.0. The number of halogens is 1. The quantitative estimate of drug-likeness (QED) is 0.244. The predicted octanol–water partition coefficient (Wildman–Crippen LogP) is 5.28. The lowest BCUT2D eigenvalue weighted by atomic mass is 9.87. The minimum Gasteiger partial charge on any atom is -0.496 e. The van der Waals surface area contributed by atoms with E-state index in [1.807, 2.05) is 29.7 Å². The molecule has 0 aliphatic heterocycles. The monoisotopic (exact) mass is 529 g/mol. The lowest BCUT2D eigenvalue weighted by Gasteiger charge is -2.19. The smallest absolute Gasteiger partial charge is 0.250 e. The molecular weight excluding hydrogens is 502 g/mol. The van der Waals surface area contributed by atoms with Gasteiger partial charge in [-0.15, -0.1) is 10.2 Å². The molecule has 1 heterocycles. The van der Waals surface area contributed by atoms with Gasteiger partial charge in [0, 0.05) is 22.1 Å². The Morgan fingerprint density at radius 1 is 1.21 bits per heavy atom. The van der Waals surface area contributed by atoms with E-state index in [1.54, 1.807) is 13.3 Å². The van der Waals surface area contributed by atoms with Gasteiger partial charge in [0.1, 0.15) is 5.75 Å². The lowest BCUT2D eigenvalue weighted by molar-refractivity contribution is -0.118. The minimum atomic E-state index is -0.230. The summed E-state index contributed by atoms with van der Waals surface area (Å²) < 4.78 is 8.21. The number of carbonyl (C=O) groups excluding carboxylic acids is 1. The molecule has 0 bridgehead atoms. The number of amides is 1. The number of hydrazone groups is 1. The average molecular weight is 530 g/mol. The van der Waals surface area contributed by atoms with Gasteiger partial charge < -0.3 is 9.30 Å². The largest absolute Gasteiger partial charge is 0.496 e. The zero-order valence-electron chi connectivity index (χ0n) is 19.4. The van der Waals surface area contributed by atoms with Crippen molar-refractivity contribution in [2.24, 2.45) is 5.10 Å². The van der Waals surface area contributed by atoms with E-state index in [9.17, 15) is 4.79 Å². The van der Waals surface area contributed by atoms with Gasteiger partial charge in [0.15, 0.2) is 11.0 Å². The summed E-state index contributed by atoms with van der Waals surface area (Å²) in [5.41, 5.74) is 5.67. The Bertz CT molecular complexity index is 1140. The van der Waals surface area contributed by atoms with Crippen LogP contribution in [0.15, 0.2) is 57.2 Å². The van der Waals surface area contributed by atoms with Crippen LogP contribution in [0.1, 0.15) is 38.8 Å². The zero-order valence-corrected chi connectivity index (χ0v) is 21.8. The van der Waals surface area contributed by atoms with E-state index in [1.165, 1.54) is 17.3 Å². The van der Waals surface area contributed by atoms with Crippen LogP contribution in [0.2, 0.25) is 0 Å². The van der Waals surface area contributed by atoms with E-state index in [2.05, 4.69) is 81.7 Å². The average Bonchev–Trinajstić information content (AvgIpc) is 3.20. The van der Waals surface area contributed by atoms with Gasteiger partial charge in [-0.2, -0.15) is 5.10 Å². The van der Waals surface area contributed by atoms with Crippen molar-refractivity contribution >= 4 is 39.8 Å². The number of aromatic nitrogens is 3. The van der Waals surface area contributed by atoms with E-state index in [0.717, 1.165) is 21.4 Å². The maximum Gasteiger partial charge on any atom is 0.250 e. The highest BCUT2D eigenvalue weighted by Gasteiger charge is 2.17. The van der Waals surface area contributed by atoms with Crippen LogP contribution in [0.3, 0.4) is 0 Å². The number of methoxy groups -OCH3 is 1. The molecule has 3 aromatic rings. The molecule has 0 fully saturated rings. The van der Waals surface area contributed by atoms with Crippen molar-refractivity contribution in [2.45, 2.75) is 44.8 Å². The van der Waals surface area contributed by atoms with Crippen LogP contribution in [0, 0.1) is 0 Å².